The molecule has 6 N–H and O–H groups in total. The van der Waals surface area contributed by atoms with Gasteiger partial charge in [-0.2, -0.15) is 0 Å². The molecule has 0 radical (unpaired) electrons. The fourth-order valence-electron chi connectivity index (χ4n) is 7.31. The number of rotatable bonds is 39. The van der Waals surface area contributed by atoms with Gasteiger partial charge >= 0.3 is 19.8 Å². The third-order valence-corrected chi connectivity index (χ3v) is 12.1. The Hall–Kier alpha value is -1.41. The SMILES string of the molecule is CCCCCCCCCCCCC/C=C/CCC(=O)O[C@H](COC(=O)CCCCCCCCCCCCCCCCC)COP(=O)(O)OC1C(O)C(O)C(O)[C@@H](O)C1O. The molecule has 1 aliphatic carbocycles. The minimum atomic E-state index is -5.12. The number of hydrogen-bond donors (Lipinski definition) is 6. The van der Waals surface area contributed by atoms with E-state index >= 15 is 0 Å². The maximum Gasteiger partial charge on any atom is 0.472 e. The first-order valence-corrected chi connectivity index (χ1v) is 25.0. The van der Waals surface area contributed by atoms with Gasteiger partial charge in [-0.05, 0) is 25.7 Å². The fraction of sp³-hybridized carbons (Fsp3) is 0.911. The van der Waals surface area contributed by atoms with E-state index in [0.717, 1.165) is 32.1 Å². The molecule has 59 heavy (non-hydrogen) atoms. The Bertz CT molecular complexity index is 1090. The van der Waals surface area contributed by atoms with E-state index in [2.05, 4.69) is 13.8 Å². The van der Waals surface area contributed by atoms with E-state index in [-0.39, 0.29) is 12.8 Å². The largest absolute Gasteiger partial charge is 0.472 e. The molecule has 6 unspecified atom stereocenters. The van der Waals surface area contributed by atoms with Gasteiger partial charge < -0.3 is 39.9 Å². The summed E-state index contributed by atoms with van der Waals surface area (Å²) in [5, 5.41) is 50.1. The minimum absolute atomic E-state index is 0.0180. The summed E-state index contributed by atoms with van der Waals surface area (Å²) in [6, 6.07) is 0. The summed E-state index contributed by atoms with van der Waals surface area (Å²) >= 11 is 0. The molecular formula is C45H85O13P. The van der Waals surface area contributed by atoms with Crippen LogP contribution >= 0.6 is 7.82 Å². The number of phosphoric acid groups is 1. The van der Waals surface area contributed by atoms with Gasteiger partial charge in [0.25, 0.3) is 0 Å². The molecule has 1 aliphatic rings. The first-order valence-electron chi connectivity index (χ1n) is 23.5. The van der Waals surface area contributed by atoms with Gasteiger partial charge in [-0.1, -0.05) is 180 Å². The predicted molar refractivity (Wildman–Crippen MR) is 231 cm³/mol. The predicted octanol–water partition coefficient (Wildman–Crippen LogP) is 9.06. The highest BCUT2D eigenvalue weighted by molar-refractivity contribution is 7.47. The van der Waals surface area contributed by atoms with Crippen molar-refractivity contribution in [1.29, 1.82) is 0 Å². The molecule has 0 amide bonds. The summed E-state index contributed by atoms with van der Waals surface area (Å²) in [6.45, 7) is 3.28. The number of aliphatic hydroxyl groups is 5. The second-order valence-electron chi connectivity index (χ2n) is 16.6. The van der Waals surface area contributed by atoms with Crippen molar-refractivity contribution in [3.63, 3.8) is 0 Å². The molecule has 1 saturated carbocycles. The lowest BCUT2D eigenvalue weighted by Gasteiger charge is -2.41. The van der Waals surface area contributed by atoms with Gasteiger partial charge in [0.2, 0.25) is 0 Å². The lowest BCUT2D eigenvalue weighted by Crippen LogP contribution is -2.64. The molecule has 0 bridgehead atoms. The minimum Gasteiger partial charge on any atom is -0.462 e. The lowest BCUT2D eigenvalue weighted by molar-refractivity contribution is -0.220. The number of hydrogen-bond acceptors (Lipinski definition) is 12. The van der Waals surface area contributed by atoms with Crippen molar-refractivity contribution < 1.29 is 63.1 Å². The summed E-state index contributed by atoms with van der Waals surface area (Å²) in [5.41, 5.74) is 0. The van der Waals surface area contributed by atoms with Crippen LogP contribution in [-0.4, -0.2) is 98.3 Å². The number of allylic oxidation sites excluding steroid dienone is 2. The zero-order valence-electron chi connectivity index (χ0n) is 36.8. The second-order valence-corrected chi connectivity index (χ2v) is 18.0. The zero-order valence-corrected chi connectivity index (χ0v) is 37.7. The van der Waals surface area contributed by atoms with E-state index in [9.17, 15) is 44.6 Å². The molecule has 0 aliphatic heterocycles. The molecule has 1 fully saturated rings. The Balaban J connectivity index is 2.46. The summed E-state index contributed by atoms with van der Waals surface area (Å²) < 4.78 is 33.5. The molecule has 0 spiro atoms. The first kappa shape index (κ1) is 55.6. The Kier molecular flexibility index (Phi) is 34.0. The van der Waals surface area contributed by atoms with Crippen LogP contribution in [0.15, 0.2) is 12.2 Å². The van der Waals surface area contributed by atoms with Crippen LogP contribution in [0.25, 0.3) is 0 Å². The highest BCUT2D eigenvalue weighted by Gasteiger charge is 2.51. The summed E-state index contributed by atoms with van der Waals surface area (Å²) in [4.78, 5) is 35.6. The highest BCUT2D eigenvalue weighted by atomic mass is 31.2. The monoisotopic (exact) mass is 865 g/mol. The standard InChI is InChI=1S/C45H85O13P/c1-3-5-7-9-11-13-15-17-19-21-23-25-27-29-31-33-38(46)55-35-37(36-56-59(53,54)58-45-43(51)41(49)40(48)42(50)44(45)52)57-39(47)34-32-30-28-26-24-22-20-18-16-14-12-10-8-6-4-2/h28,30,37,40-45,48-52H,3-27,29,31-36H2,1-2H3,(H,53,54)/b30-28+/t37-,40?,41-,42?,43?,44?,45?/m1/s1. The number of unbranched alkanes of at least 4 members (excludes halogenated alkanes) is 25. The molecular weight excluding hydrogens is 779 g/mol. The van der Waals surface area contributed by atoms with Gasteiger partial charge in [0, 0.05) is 12.8 Å². The van der Waals surface area contributed by atoms with Crippen molar-refractivity contribution >= 4 is 19.8 Å². The van der Waals surface area contributed by atoms with E-state index in [1.807, 2.05) is 12.2 Å². The molecule has 13 nitrogen and oxygen atoms in total. The van der Waals surface area contributed by atoms with Crippen LogP contribution in [-0.2, 0) is 32.7 Å². The average molecular weight is 865 g/mol. The van der Waals surface area contributed by atoms with Gasteiger partial charge in [-0.15, -0.1) is 0 Å². The van der Waals surface area contributed by atoms with Crippen molar-refractivity contribution in [1.82, 2.24) is 0 Å². The van der Waals surface area contributed by atoms with Crippen molar-refractivity contribution in [2.45, 2.75) is 249 Å². The van der Waals surface area contributed by atoms with E-state index in [4.69, 9.17) is 18.5 Å². The maximum atomic E-state index is 12.8. The number of aliphatic hydroxyl groups excluding tert-OH is 5. The molecule has 0 heterocycles. The van der Waals surface area contributed by atoms with Crippen molar-refractivity contribution in [3.8, 4) is 0 Å². The number of carbonyl (C=O) groups is 2. The zero-order chi connectivity index (χ0) is 43.6. The van der Waals surface area contributed by atoms with Crippen LogP contribution in [0.1, 0.15) is 206 Å². The van der Waals surface area contributed by atoms with E-state index < -0.39 is 75.7 Å². The number of esters is 2. The third-order valence-electron chi connectivity index (χ3n) is 11.1. The summed E-state index contributed by atoms with van der Waals surface area (Å²) in [5.74, 6) is -1.15. The van der Waals surface area contributed by atoms with Gasteiger partial charge in [0.05, 0.1) is 6.61 Å². The molecule has 1 rings (SSSR count). The van der Waals surface area contributed by atoms with Crippen molar-refractivity contribution in [3.05, 3.63) is 12.2 Å². The molecule has 348 valence electrons. The molecule has 0 aromatic carbocycles. The molecule has 0 saturated heterocycles. The third kappa shape index (κ3) is 28.7. The number of carbonyl (C=O) groups excluding carboxylic acids is 2. The fourth-order valence-corrected chi connectivity index (χ4v) is 8.28. The maximum absolute atomic E-state index is 12.8. The van der Waals surface area contributed by atoms with Crippen LogP contribution in [0.5, 0.6) is 0 Å². The average Bonchev–Trinajstić information content (AvgIpc) is 3.21. The topological polar surface area (TPSA) is 210 Å². The Labute approximate surface area is 356 Å². The number of ether oxygens (including phenoxy) is 2. The van der Waals surface area contributed by atoms with Crippen molar-refractivity contribution in [2.24, 2.45) is 0 Å². The van der Waals surface area contributed by atoms with Gasteiger partial charge in [-0.3, -0.25) is 18.6 Å². The van der Waals surface area contributed by atoms with E-state index in [1.165, 1.54) is 135 Å². The van der Waals surface area contributed by atoms with Crippen LogP contribution < -0.4 is 0 Å². The summed E-state index contributed by atoms with van der Waals surface area (Å²) in [7, 11) is -5.12. The van der Waals surface area contributed by atoms with Crippen LogP contribution in [0, 0.1) is 0 Å². The Morgan fingerprint density at radius 2 is 0.898 bits per heavy atom. The lowest BCUT2D eigenvalue weighted by atomic mass is 9.85. The van der Waals surface area contributed by atoms with E-state index in [1.54, 1.807) is 0 Å². The van der Waals surface area contributed by atoms with Gasteiger partial charge in [0.15, 0.2) is 6.10 Å². The van der Waals surface area contributed by atoms with Crippen molar-refractivity contribution in [2.75, 3.05) is 13.2 Å². The normalized spacial score (nSPS) is 22.4. The molecule has 14 heteroatoms. The quantitative estimate of drug-likeness (QED) is 0.0148. The second kappa shape index (κ2) is 36.1. The van der Waals surface area contributed by atoms with Crippen LogP contribution in [0.3, 0.4) is 0 Å². The number of phosphoric ester groups is 1. The molecule has 8 atom stereocenters. The Morgan fingerprint density at radius 1 is 0.508 bits per heavy atom. The smallest absolute Gasteiger partial charge is 0.462 e. The molecule has 0 aromatic heterocycles. The molecule has 0 aromatic rings. The van der Waals surface area contributed by atoms with E-state index in [0.29, 0.717) is 12.8 Å². The highest BCUT2D eigenvalue weighted by Crippen LogP contribution is 2.47. The first-order chi connectivity index (χ1) is 28.4. The van der Waals surface area contributed by atoms with Gasteiger partial charge in [0.1, 0.15) is 43.2 Å². The Morgan fingerprint density at radius 3 is 1.36 bits per heavy atom. The van der Waals surface area contributed by atoms with Crippen LogP contribution in [0.2, 0.25) is 0 Å². The summed E-state index contributed by atoms with van der Waals surface area (Å²) in [6.07, 6.45) is 24.2. The van der Waals surface area contributed by atoms with Gasteiger partial charge in [-0.25, -0.2) is 4.57 Å². The van der Waals surface area contributed by atoms with Crippen LogP contribution in [0.4, 0.5) is 0 Å².